The topological polar surface area (TPSA) is 60.5 Å². The van der Waals surface area contributed by atoms with Crippen LogP contribution in [-0.2, 0) is 4.79 Å². The number of likely N-dealkylation sites (tertiary alicyclic amines) is 1. The molecule has 1 aliphatic carbocycles. The fourth-order valence-electron chi connectivity index (χ4n) is 5.12. The molecule has 0 saturated carbocycles. The SMILES string of the molecule is COc1ccc2c(c1)C(CC(=O)N1CCC(N(C)C)C1)=C(C)C2=Cc1cc(OC)c(OC)c(OC)c1. The van der Waals surface area contributed by atoms with Gasteiger partial charge in [-0.05, 0) is 91.2 Å². The first-order valence-corrected chi connectivity index (χ1v) is 12.2. The van der Waals surface area contributed by atoms with Crippen LogP contribution in [-0.4, -0.2) is 77.4 Å². The average molecular weight is 493 g/mol. The summed E-state index contributed by atoms with van der Waals surface area (Å²) in [7, 11) is 10.6. The minimum Gasteiger partial charge on any atom is -0.497 e. The molecule has 1 aliphatic heterocycles. The standard InChI is InChI=1S/C29H36N2O5/c1-18-23(12-19-13-26(34-5)29(36-7)27(14-19)35-6)22-9-8-21(33-4)15-25(22)24(18)16-28(32)31-11-10-20(17-31)30(2)3/h8-9,12-15,20H,10-11,16-17H2,1-7H3. The lowest BCUT2D eigenvalue weighted by molar-refractivity contribution is -0.129. The van der Waals surface area contributed by atoms with Gasteiger partial charge in [-0.15, -0.1) is 0 Å². The predicted octanol–water partition coefficient (Wildman–Crippen LogP) is 4.60. The Morgan fingerprint density at radius 3 is 2.25 bits per heavy atom. The van der Waals surface area contributed by atoms with Gasteiger partial charge < -0.3 is 28.7 Å². The number of carbonyl (C=O) groups is 1. The largest absolute Gasteiger partial charge is 0.497 e. The summed E-state index contributed by atoms with van der Waals surface area (Å²) < 4.78 is 22.1. The third-order valence-corrected chi connectivity index (χ3v) is 7.27. The first-order valence-electron chi connectivity index (χ1n) is 12.2. The maximum absolute atomic E-state index is 13.4. The summed E-state index contributed by atoms with van der Waals surface area (Å²) in [6, 6.07) is 10.3. The van der Waals surface area contributed by atoms with Crippen LogP contribution in [0.5, 0.6) is 23.0 Å². The van der Waals surface area contributed by atoms with Gasteiger partial charge in [-0.2, -0.15) is 0 Å². The van der Waals surface area contributed by atoms with Crippen LogP contribution < -0.4 is 18.9 Å². The molecule has 4 rings (SSSR count). The molecule has 7 nitrogen and oxygen atoms in total. The summed E-state index contributed by atoms with van der Waals surface area (Å²) in [5, 5.41) is 0. The number of ether oxygens (including phenoxy) is 4. The second kappa shape index (κ2) is 10.7. The minimum absolute atomic E-state index is 0.163. The summed E-state index contributed by atoms with van der Waals surface area (Å²) >= 11 is 0. The molecule has 192 valence electrons. The van der Waals surface area contributed by atoms with Gasteiger partial charge in [-0.1, -0.05) is 6.07 Å². The van der Waals surface area contributed by atoms with E-state index in [2.05, 4.69) is 38.1 Å². The molecule has 0 aromatic heterocycles. The van der Waals surface area contributed by atoms with E-state index in [9.17, 15) is 4.79 Å². The van der Waals surface area contributed by atoms with Crippen LogP contribution in [0.3, 0.4) is 0 Å². The molecule has 0 bridgehead atoms. The Morgan fingerprint density at radius 1 is 1.00 bits per heavy atom. The van der Waals surface area contributed by atoms with Gasteiger partial charge in [0.25, 0.3) is 0 Å². The van der Waals surface area contributed by atoms with E-state index in [0.29, 0.717) is 29.7 Å². The van der Waals surface area contributed by atoms with Crippen molar-refractivity contribution in [3.05, 3.63) is 52.6 Å². The van der Waals surface area contributed by atoms with Crippen LogP contribution in [0.4, 0.5) is 0 Å². The highest BCUT2D eigenvalue weighted by Gasteiger charge is 2.31. The maximum Gasteiger partial charge on any atom is 0.227 e. The van der Waals surface area contributed by atoms with Crippen LogP contribution in [0, 0.1) is 0 Å². The van der Waals surface area contributed by atoms with Crippen molar-refractivity contribution in [2.75, 3.05) is 55.6 Å². The summed E-state index contributed by atoms with van der Waals surface area (Å²) in [5.74, 6) is 2.68. The quantitative estimate of drug-likeness (QED) is 0.537. The molecular formula is C29H36N2O5. The number of benzene rings is 2. The molecule has 1 fully saturated rings. The summed E-state index contributed by atoms with van der Waals surface area (Å²) in [5.41, 5.74) is 6.24. The molecule has 0 radical (unpaired) electrons. The van der Waals surface area contributed by atoms with Crippen LogP contribution in [0.25, 0.3) is 17.2 Å². The summed E-state index contributed by atoms with van der Waals surface area (Å²) in [4.78, 5) is 17.5. The minimum atomic E-state index is 0.163. The van der Waals surface area contributed by atoms with E-state index >= 15 is 0 Å². The van der Waals surface area contributed by atoms with Crippen molar-refractivity contribution in [2.45, 2.75) is 25.8 Å². The number of likely N-dealkylation sites (N-methyl/N-ethyl adjacent to an activating group) is 1. The van der Waals surface area contributed by atoms with Crippen molar-refractivity contribution in [2.24, 2.45) is 0 Å². The summed E-state index contributed by atoms with van der Waals surface area (Å²) in [6.07, 6.45) is 3.48. The van der Waals surface area contributed by atoms with E-state index in [1.54, 1.807) is 28.4 Å². The maximum atomic E-state index is 13.4. The van der Waals surface area contributed by atoms with Crippen LogP contribution in [0.15, 0.2) is 35.9 Å². The van der Waals surface area contributed by atoms with Crippen molar-refractivity contribution in [3.8, 4) is 23.0 Å². The Hall–Kier alpha value is -3.45. The normalized spacial score (nSPS) is 18.2. The van der Waals surface area contributed by atoms with Crippen molar-refractivity contribution < 1.29 is 23.7 Å². The van der Waals surface area contributed by atoms with Gasteiger partial charge >= 0.3 is 0 Å². The highest BCUT2D eigenvalue weighted by atomic mass is 16.5. The predicted molar refractivity (Wildman–Crippen MR) is 143 cm³/mol. The Balaban J connectivity index is 1.74. The van der Waals surface area contributed by atoms with E-state index in [1.807, 2.05) is 29.2 Å². The second-order valence-electron chi connectivity index (χ2n) is 9.45. The molecule has 0 spiro atoms. The van der Waals surface area contributed by atoms with E-state index in [0.717, 1.165) is 58.7 Å². The molecule has 1 amide bonds. The van der Waals surface area contributed by atoms with Gasteiger partial charge in [0.2, 0.25) is 11.7 Å². The molecule has 2 aromatic carbocycles. The number of hydrogen-bond donors (Lipinski definition) is 0. The van der Waals surface area contributed by atoms with E-state index < -0.39 is 0 Å². The van der Waals surface area contributed by atoms with Gasteiger partial charge in [0.1, 0.15) is 5.75 Å². The highest BCUT2D eigenvalue weighted by molar-refractivity contribution is 6.08. The molecule has 2 aliphatic rings. The lowest BCUT2D eigenvalue weighted by Gasteiger charge is -2.21. The van der Waals surface area contributed by atoms with E-state index in [4.69, 9.17) is 18.9 Å². The Labute approximate surface area is 213 Å². The van der Waals surface area contributed by atoms with E-state index in [-0.39, 0.29) is 5.91 Å². The Kier molecular flexibility index (Phi) is 7.59. The smallest absolute Gasteiger partial charge is 0.227 e. The van der Waals surface area contributed by atoms with Gasteiger partial charge in [0, 0.05) is 19.1 Å². The second-order valence-corrected chi connectivity index (χ2v) is 9.45. The molecule has 2 aromatic rings. The number of carbonyl (C=O) groups excluding carboxylic acids is 1. The zero-order valence-corrected chi connectivity index (χ0v) is 22.3. The molecule has 1 atom stereocenters. The van der Waals surface area contributed by atoms with Gasteiger partial charge in [0.05, 0.1) is 34.9 Å². The molecular weight excluding hydrogens is 456 g/mol. The Morgan fingerprint density at radius 2 is 1.69 bits per heavy atom. The molecule has 0 N–H and O–H groups in total. The number of methoxy groups -OCH3 is 4. The molecule has 36 heavy (non-hydrogen) atoms. The monoisotopic (exact) mass is 492 g/mol. The van der Waals surface area contributed by atoms with Crippen LogP contribution in [0.2, 0.25) is 0 Å². The molecule has 7 heteroatoms. The number of hydrogen-bond acceptors (Lipinski definition) is 6. The first kappa shape index (κ1) is 25.6. The van der Waals surface area contributed by atoms with Crippen LogP contribution >= 0.6 is 0 Å². The van der Waals surface area contributed by atoms with Crippen molar-refractivity contribution in [3.63, 3.8) is 0 Å². The van der Waals surface area contributed by atoms with Crippen molar-refractivity contribution in [1.82, 2.24) is 9.80 Å². The first-order chi connectivity index (χ1) is 17.3. The fourth-order valence-corrected chi connectivity index (χ4v) is 5.12. The van der Waals surface area contributed by atoms with Gasteiger partial charge in [0.15, 0.2) is 11.5 Å². The van der Waals surface area contributed by atoms with Crippen molar-refractivity contribution >= 4 is 23.1 Å². The third-order valence-electron chi connectivity index (χ3n) is 7.27. The number of rotatable bonds is 8. The molecule has 1 unspecified atom stereocenters. The lowest BCUT2D eigenvalue weighted by atomic mass is 10.00. The Bertz CT molecular complexity index is 1190. The zero-order valence-electron chi connectivity index (χ0n) is 22.3. The molecule has 1 heterocycles. The molecule has 1 saturated heterocycles. The fraction of sp³-hybridized carbons (Fsp3) is 0.414. The zero-order chi connectivity index (χ0) is 26.0. The van der Waals surface area contributed by atoms with Crippen LogP contribution in [0.1, 0.15) is 36.5 Å². The van der Waals surface area contributed by atoms with Crippen molar-refractivity contribution in [1.29, 1.82) is 0 Å². The number of nitrogens with zero attached hydrogens (tertiary/aromatic N) is 2. The van der Waals surface area contributed by atoms with Gasteiger partial charge in [-0.25, -0.2) is 0 Å². The highest BCUT2D eigenvalue weighted by Crippen LogP contribution is 2.46. The number of amides is 1. The van der Waals surface area contributed by atoms with E-state index in [1.165, 1.54) is 0 Å². The third kappa shape index (κ3) is 4.80. The van der Waals surface area contributed by atoms with Gasteiger partial charge in [-0.3, -0.25) is 4.79 Å². The summed E-state index contributed by atoms with van der Waals surface area (Å²) in [6.45, 7) is 3.66. The lowest BCUT2D eigenvalue weighted by Crippen LogP contribution is -2.34. The number of fused-ring (bicyclic) bond motifs is 1. The number of allylic oxidation sites excluding steroid dienone is 2. The average Bonchev–Trinajstić information content (AvgIpc) is 3.48.